The van der Waals surface area contributed by atoms with Crippen LogP contribution >= 0.6 is 0 Å². The smallest absolute Gasteiger partial charge is 0.231 e. The third-order valence-electron chi connectivity index (χ3n) is 5.07. The number of nitrogens with zero attached hydrogens (tertiary/aromatic N) is 5. The molecule has 0 aliphatic carbocycles. The second-order valence-corrected chi connectivity index (χ2v) is 8.78. The molecule has 8 nitrogen and oxygen atoms in total. The maximum Gasteiger partial charge on any atom is 0.231 e. The number of pyridine rings is 1. The third-order valence-corrected chi connectivity index (χ3v) is 5.07. The summed E-state index contributed by atoms with van der Waals surface area (Å²) in [5.74, 6) is 0.0229. The number of ketones is 1. The molecule has 1 unspecified atom stereocenters. The standard InChI is InChI=1S/C21H28N6O2/c1-13-9-15(27(25-13)20(2,3)4)16(28)10-14-7-8-23-17(11-14)21(5)12-18(29)26(6)19(22)24-21/h7-9,11H,10,12H2,1-6H3,(H2,22,24). The van der Waals surface area contributed by atoms with Crippen LogP contribution in [0.3, 0.4) is 0 Å². The molecule has 2 aromatic heterocycles. The highest BCUT2D eigenvalue weighted by molar-refractivity contribution is 5.99. The van der Waals surface area contributed by atoms with Crippen LogP contribution in [0.25, 0.3) is 0 Å². The number of aliphatic imine (C=N–C) groups is 1. The Balaban J connectivity index is 1.90. The van der Waals surface area contributed by atoms with Crippen molar-refractivity contribution in [2.24, 2.45) is 10.7 Å². The largest absolute Gasteiger partial charge is 0.369 e. The van der Waals surface area contributed by atoms with Crippen LogP contribution in [-0.4, -0.2) is 44.4 Å². The van der Waals surface area contributed by atoms with Gasteiger partial charge in [-0.15, -0.1) is 0 Å². The predicted molar refractivity (Wildman–Crippen MR) is 111 cm³/mol. The number of Topliss-reactive ketones (excluding diaryl/α,β-unsaturated/α-hetero) is 1. The summed E-state index contributed by atoms with van der Waals surface area (Å²) in [4.78, 5) is 35.5. The van der Waals surface area contributed by atoms with Gasteiger partial charge in [0.25, 0.3) is 0 Å². The molecule has 1 atom stereocenters. The lowest BCUT2D eigenvalue weighted by atomic mass is 9.90. The molecule has 0 saturated heterocycles. The van der Waals surface area contributed by atoms with Gasteiger partial charge in [-0.2, -0.15) is 5.10 Å². The fourth-order valence-electron chi connectivity index (χ4n) is 3.42. The number of carbonyl (C=O) groups is 2. The first kappa shape index (κ1) is 20.7. The summed E-state index contributed by atoms with van der Waals surface area (Å²) in [6, 6.07) is 5.45. The zero-order chi connectivity index (χ0) is 21.6. The SMILES string of the molecule is Cc1cc(C(=O)Cc2ccnc(C3(C)CC(=O)N(C)C(N)=N3)c2)n(C(C)(C)C)n1. The number of hydrogen-bond acceptors (Lipinski definition) is 6. The minimum absolute atomic E-state index is 0.0229. The first-order valence-corrected chi connectivity index (χ1v) is 9.58. The molecule has 1 amide bonds. The highest BCUT2D eigenvalue weighted by atomic mass is 16.2. The van der Waals surface area contributed by atoms with Gasteiger partial charge in [0.05, 0.1) is 23.3 Å². The summed E-state index contributed by atoms with van der Waals surface area (Å²) >= 11 is 0. The average molecular weight is 396 g/mol. The van der Waals surface area contributed by atoms with E-state index in [1.54, 1.807) is 24.0 Å². The fraction of sp³-hybridized carbons (Fsp3) is 0.476. The number of hydrogen-bond donors (Lipinski definition) is 1. The van der Waals surface area contributed by atoms with E-state index in [4.69, 9.17) is 5.73 Å². The van der Waals surface area contributed by atoms with Gasteiger partial charge in [0.1, 0.15) is 11.2 Å². The van der Waals surface area contributed by atoms with Gasteiger partial charge >= 0.3 is 0 Å². The molecule has 0 fully saturated rings. The first-order chi connectivity index (χ1) is 13.4. The number of amides is 1. The summed E-state index contributed by atoms with van der Waals surface area (Å²) < 4.78 is 1.77. The van der Waals surface area contributed by atoms with Gasteiger partial charge < -0.3 is 5.73 Å². The number of rotatable bonds is 4. The zero-order valence-electron chi connectivity index (χ0n) is 17.9. The Kier molecular flexibility index (Phi) is 5.06. The molecule has 154 valence electrons. The minimum atomic E-state index is -0.851. The van der Waals surface area contributed by atoms with Crippen LogP contribution in [0, 0.1) is 6.92 Å². The normalized spacial score (nSPS) is 20.0. The van der Waals surface area contributed by atoms with Crippen LogP contribution in [0.2, 0.25) is 0 Å². The minimum Gasteiger partial charge on any atom is -0.369 e. The topological polar surface area (TPSA) is 106 Å². The van der Waals surface area contributed by atoms with E-state index in [-0.39, 0.29) is 36.0 Å². The van der Waals surface area contributed by atoms with Crippen LogP contribution in [0.15, 0.2) is 29.4 Å². The van der Waals surface area contributed by atoms with Crippen LogP contribution in [0.1, 0.15) is 61.6 Å². The summed E-state index contributed by atoms with van der Waals surface area (Å²) in [6.45, 7) is 9.75. The van der Waals surface area contributed by atoms with Crippen molar-refractivity contribution in [3.63, 3.8) is 0 Å². The van der Waals surface area contributed by atoms with Crippen molar-refractivity contribution in [2.75, 3.05) is 7.05 Å². The lowest BCUT2D eigenvalue weighted by Crippen LogP contribution is -2.47. The van der Waals surface area contributed by atoms with Crippen molar-refractivity contribution in [3.05, 3.63) is 47.0 Å². The molecule has 8 heteroatoms. The fourth-order valence-corrected chi connectivity index (χ4v) is 3.42. The van der Waals surface area contributed by atoms with Crippen LogP contribution in [-0.2, 0) is 22.3 Å². The van der Waals surface area contributed by atoms with E-state index in [9.17, 15) is 9.59 Å². The molecule has 2 N–H and O–H groups in total. The highest BCUT2D eigenvalue weighted by Crippen LogP contribution is 2.32. The van der Waals surface area contributed by atoms with Gasteiger partial charge in [0.15, 0.2) is 11.7 Å². The molecule has 2 aromatic rings. The van der Waals surface area contributed by atoms with Crippen molar-refractivity contribution in [2.45, 2.75) is 58.5 Å². The zero-order valence-corrected chi connectivity index (χ0v) is 17.9. The van der Waals surface area contributed by atoms with E-state index in [1.807, 2.05) is 46.8 Å². The van der Waals surface area contributed by atoms with Crippen molar-refractivity contribution < 1.29 is 9.59 Å². The summed E-state index contributed by atoms with van der Waals surface area (Å²) in [6.07, 6.45) is 2.02. The Morgan fingerprint density at radius 3 is 2.62 bits per heavy atom. The molecule has 29 heavy (non-hydrogen) atoms. The molecule has 3 heterocycles. The van der Waals surface area contributed by atoms with E-state index >= 15 is 0 Å². The van der Waals surface area contributed by atoms with E-state index in [0.29, 0.717) is 11.4 Å². The van der Waals surface area contributed by atoms with Gasteiger partial charge in [0, 0.05) is 19.7 Å². The maximum absolute atomic E-state index is 13.0. The van der Waals surface area contributed by atoms with E-state index in [1.165, 1.54) is 4.90 Å². The lowest BCUT2D eigenvalue weighted by molar-refractivity contribution is -0.128. The average Bonchev–Trinajstić information content (AvgIpc) is 3.02. The third kappa shape index (κ3) is 4.06. The van der Waals surface area contributed by atoms with Crippen molar-refractivity contribution in [1.29, 1.82) is 0 Å². The predicted octanol–water partition coefficient (Wildman–Crippen LogP) is 2.16. The summed E-state index contributed by atoms with van der Waals surface area (Å²) in [5.41, 5.74) is 7.56. The molecule has 3 rings (SSSR count). The van der Waals surface area contributed by atoms with E-state index in [2.05, 4.69) is 15.1 Å². The lowest BCUT2D eigenvalue weighted by Gasteiger charge is -2.32. The van der Waals surface area contributed by atoms with Gasteiger partial charge in [-0.3, -0.25) is 24.2 Å². The molecule has 1 aliphatic rings. The van der Waals surface area contributed by atoms with Crippen LogP contribution in [0.5, 0.6) is 0 Å². The number of carbonyl (C=O) groups excluding carboxylic acids is 2. The van der Waals surface area contributed by atoms with Gasteiger partial charge in [-0.05, 0) is 58.4 Å². The molecular weight excluding hydrogens is 368 g/mol. The number of guanidine groups is 1. The molecular formula is C21H28N6O2. The van der Waals surface area contributed by atoms with Gasteiger partial charge in [0.2, 0.25) is 5.91 Å². The van der Waals surface area contributed by atoms with Crippen molar-refractivity contribution in [3.8, 4) is 0 Å². The van der Waals surface area contributed by atoms with Gasteiger partial charge in [-0.1, -0.05) is 0 Å². The number of nitrogens with two attached hydrogens (primary N) is 1. The van der Waals surface area contributed by atoms with Crippen LogP contribution < -0.4 is 5.73 Å². The number of aryl methyl sites for hydroxylation is 1. The Morgan fingerprint density at radius 2 is 2.00 bits per heavy atom. The molecule has 0 saturated carbocycles. The molecule has 0 bridgehead atoms. The molecule has 1 aliphatic heterocycles. The molecule has 0 spiro atoms. The van der Waals surface area contributed by atoms with Gasteiger partial charge in [-0.25, -0.2) is 4.99 Å². The monoisotopic (exact) mass is 396 g/mol. The second kappa shape index (κ2) is 7.09. The molecule has 0 aromatic carbocycles. The van der Waals surface area contributed by atoms with Crippen molar-refractivity contribution >= 4 is 17.6 Å². The maximum atomic E-state index is 13.0. The van der Waals surface area contributed by atoms with Crippen LogP contribution in [0.4, 0.5) is 0 Å². The Hall–Kier alpha value is -3.03. The Labute approximate surface area is 170 Å². The Morgan fingerprint density at radius 1 is 1.31 bits per heavy atom. The second-order valence-electron chi connectivity index (χ2n) is 8.78. The quantitative estimate of drug-likeness (QED) is 0.797. The van der Waals surface area contributed by atoms with E-state index in [0.717, 1.165) is 11.3 Å². The summed E-state index contributed by atoms with van der Waals surface area (Å²) in [7, 11) is 1.60. The van der Waals surface area contributed by atoms with Crippen molar-refractivity contribution in [1.82, 2.24) is 19.7 Å². The number of aromatic nitrogens is 3. The molecule has 0 radical (unpaired) electrons. The Bertz CT molecular complexity index is 1000. The van der Waals surface area contributed by atoms with E-state index < -0.39 is 5.54 Å². The highest BCUT2D eigenvalue weighted by Gasteiger charge is 2.37. The summed E-state index contributed by atoms with van der Waals surface area (Å²) in [5, 5.41) is 4.48. The first-order valence-electron chi connectivity index (χ1n) is 9.58.